The molecular formula is C63H39N. The minimum Gasteiger partial charge on any atom is -0.310 e. The number of hydrogen-bond donors (Lipinski definition) is 0. The summed E-state index contributed by atoms with van der Waals surface area (Å²) in [7, 11) is 0. The maximum absolute atomic E-state index is 2.53. The first-order valence-electron chi connectivity index (χ1n) is 22.3. The molecule has 1 heteroatoms. The largest absolute Gasteiger partial charge is 0.310 e. The van der Waals surface area contributed by atoms with E-state index in [1.165, 1.54) is 109 Å². The van der Waals surface area contributed by atoms with Gasteiger partial charge in [-0.25, -0.2) is 0 Å². The van der Waals surface area contributed by atoms with Crippen molar-refractivity contribution in [3.8, 4) is 11.1 Å². The summed E-state index contributed by atoms with van der Waals surface area (Å²) < 4.78 is 0. The molecule has 13 aromatic rings. The average molecular weight is 810 g/mol. The fraction of sp³-hybridized carbons (Fsp3) is 0.0159. The Hall–Kier alpha value is -8.26. The van der Waals surface area contributed by atoms with Crippen LogP contribution >= 0.6 is 0 Å². The summed E-state index contributed by atoms with van der Waals surface area (Å²) in [5.74, 6) is 0. The van der Waals surface area contributed by atoms with Crippen molar-refractivity contribution in [1.29, 1.82) is 0 Å². The molecule has 0 atom stereocenters. The lowest BCUT2D eigenvalue weighted by Gasteiger charge is -2.35. The van der Waals surface area contributed by atoms with Crippen LogP contribution in [0.5, 0.6) is 0 Å². The highest BCUT2D eigenvalue weighted by Crippen LogP contribution is 2.58. The van der Waals surface area contributed by atoms with Gasteiger partial charge in [0.05, 0.1) is 11.1 Å². The van der Waals surface area contributed by atoms with Crippen LogP contribution in [0.4, 0.5) is 17.1 Å². The average Bonchev–Trinajstić information content (AvgIpc) is 3.66. The Morgan fingerprint density at radius 2 is 0.750 bits per heavy atom. The molecule has 64 heavy (non-hydrogen) atoms. The van der Waals surface area contributed by atoms with E-state index in [4.69, 9.17) is 0 Å². The molecule has 14 rings (SSSR count). The first kappa shape index (κ1) is 35.3. The quantitative estimate of drug-likeness (QED) is 0.157. The SMILES string of the molecule is c1ccc(C2(c3ccccc3)c3ccccc3-c3ccc(N(c4cc5ccc6cccc7c8cccc9ccc%10cccc(c(c4)c5c67)c%10c98)c4cccc5ccccc45)cc32)cc1. The first-order valence-corrected chi connectivity index (χ1v) is 22.3. The predicted molar refractivity (Wildman–Crippen MR) is 272 cm³/mol. The molecule has 0 spiro atoms. The molecule has 13 aromatic carbocycles. The predicted octanol–water partition coefficient (Wildman–Crippen LogP) is 17.0. The summed E-state index contributed by atoms with van der Waals surface area (Å²) in [6.07, 6.45) is 0. The van der Waals surface area contributed by atoms with Crippen molar-refractivity contribution in [3.05, 3.63) is 259 Å². The van der Waals surface area contributed by atoms with E-state index in [-0.39, 0.29) is 0 Å². The first-order chi connectivity index (χ1) is 31.8. The third kappa shape index (κ3) is 4.79. The van der Waals surface area contributed by atoms with E-state index in [9.17, 15) is 0 Å². The topological polar surface area (TPSA) is 3.24 Å². The number of benzene rings is 12. The second-order valence-corrected chi connectivity index (χ2v) is 17.5. The summed E-state index contributed by atoms with van der Waals surface area (Å²) in [5.41, 5.74) is 10.5. The molecule has 1 aliphatic carbocycles. The lowest BCUT2D eigenvalue weighted by Crippen LogP contribution is -2.28. The van der Waals surface area contributed by atoms with Crippen LogP contribution in [0.3, 0.4) is 0 Å². The van der Waals surface area contributed by atoms with E-state index in [2.05, 4.69) is 241 Å². The fourth-order valence-electron chi connectivity index (χ4n) is 11.8. The zero-order valence-corrected chi connectivity index (χ0v) is 35.0. The molecule has 0 saturated carbocycles. The molecular weight excluding hydrogens is 771 g/mol. The number of nitrogens with zero attached hydrogens (tertiary/aromatic N) is 1. The Labute approximate surface area is 371 Å². The molecule has 0 unspecified atom stereocenters. The van der Waals surface area contributed by atoms with Crippen LogP contribution in [0.25, 0.3) is 86.5 Å². The van der Waals surface area contributed by atoms with Crippen molar-refractivity contribution in [2.75, 3.05) is 4.90 Å². The molecule has 0 N–H and O–H groups in total. The molecule has 0 bridgehead atoms. The van der Waals surface area contributed by atoms with Crippen molar-refractivity contribution in [3.63, 3.8) is 0 Å². The molecule has 1 nitrogen and oxygen atoms in total. The molecule has 0 aromatic heterocycles. The lowest BCUT2D eigenvalue weighted by molar-refractivity contribution is 0.768. The van der Waals surface area contributed by atoms with E-state index in [1.807, 2.05) is 0 Å². The van der Waals surface area contributed by atoms with Gasteiger partial charge < -0.3 is 4.90 Å². The van der Waals surface area contributed by atoms with E-state index < -0.39 is 5.41 Å². The van der Waals surface area contributed by atoms with Gasteiger partial charge in [-0.1, -0.05) is 206 Å². The Kier molecular flexibility index (Phi) is 7.38. The number of anilines is 3. The summed E-state index contributed by atoms with van der Waals surface area (Å²) in [6, 6.07) is 88.8. The highest BCUT2D eigenvalue weighted by Gasteiger charge is 2.46. The van der Waals surface area contributed by atoms with Crippen LogP contribution in [-0.2, 0) is 5.41 Å². The van der Waals surface area contributed by atoms with Crippen molar-refractivity contribution in [2.24, 2.45) is 0 Å². The maximum Gasteiger partial charge on any atom is 0.0714 e. The van der Waals surface area contributed by atoms with Gasteiger partial charge in [0, 0.05) is 16.8 Å². The molecule has 0 radical (unpaired) electrons. The van der Waals surface area contributed by atoms with Gasteiger partial charge in [0.25, 0.3) is 0 Å². The Balaban J connectivity index is 1.14. The summed E-state index contributed by atoms with van der Waals surface area (Å²) in [6.45, 7) is 0. The highest BCUT2D eigenvalue weighted by atomic mass is 15.1. The van der Waals surface area contributed by atoms with Gasteiger partial charge in [-0.15, -0.1) is 0 Å². The van der Waals surface area contributed by atoms with Gasteiger partial charge in [0.2, 0.25) is 0 Å². The van der Waals surface area contributed by atoms with Gasteiger partial charge in [0.1, 0.15) is 0 Å². The van der Waals surface area contributed by atoms with E-state index in [1.54, 1.807) is 0 Å². The molecule has 1 aliphatic rings. The van der Waals surface area contributed by atoms with Crippen molar-refractivity contribution in [1.82, 2.24) is 0 Å². The second-order valence-electron chi connectivity index (χ2n) is 17.5. The zero-order valence-electron chi connectivity index (χ0n) is 35.0. The van der Waals surface area contributed by atoms with Crippen LogP contribution in [0.1, 0.15) is 22.3 Å². The fourth-order valence-corrected chi connectivity index (χ4v) is 11.8. The van der Waals surface area contributed by atoms with Crippen LogP contribution < -0.4 is 4.90 Å². The van der Waals surface area contributed by atoms with Crippen molar-refractivity contribution in [2.45, 2.75) is 5.41 Å². The summed E-state index contributed by atoms with van der Waals surface area (Å²) in [5, 5.41) is 17.7. The Morgan fingerprint density at radius 1 is 0.266 bits per heavy atom. The van der Waals surface area contributed by atoms with Gasteiger partial charge in [-0.05, 0) is 134 Å². The van der Waals surface area contributed by atoms with Crippen LogP contribution in [-0.4, -0.2) is 0 Å². The number of rotatable bonds is 5. The Bertz CT molecular complexity index is 3960. The van der Waals surface area contributed by atoms with Gasteiger partial charge >= 0.3 is 0 Å². The second kappa shape index (κ2) is 13.4. The van der Waals surface area contributed by atoms with E-state index in [0.717, 1.165) is 17.1 Å². The molecule has 0 fully saturated rings. The third-order valence-corrected chi connectivity index (χ3v) is 14.4. The molecule has 0 amide bonds. The van der Waals surface area contributed by atoms with Gasteiger partial charge in [0.15, 0.2) is 0 Å². The van der Waals surface area contributed by atoms with Crippen LogP contribution in [0.15, 0.2) is 237 Å². The highest BCUT2D eigenvalue weighted by molar-refractivity contribution is 6.37. The summed E-state index contributed by atoms with van der Waals surface area (Å²) in [4.78, 5) is 2.53. The Morgan fingerprint density at radius 3 is 1.42 bits per heavy atom. The summed E-state index contributed by atoms with van der Waals surface area (Å²) >= 11 is 0. The number of hydrogen-bond acceptors (Lipinski definition) is 1. The molecule has 0 heterocycles. The van der Waals surface area contributed by atoms with Gasteiger partial charge in [-0.3, -0.25) is 0 Å². The van der Waals surface area contributed by atoms with Crippen molar-refractivity contribution < 1.29 is 0 Å². The molecule has 0 saturated heterocycles. The zero-order chi connectivity index (χ0) is 41.9. The molecule has 296 valence electrons. The lowest BCUT2D eigenvalue weighted by atomic mass is 9.67. The van der Waals surface area contributed by atoms with Crippen molar-refractivity contribution >= 4 is 92.5 Å². The maximum atomic E-state index is 2.53. The third-order valence-electron chi connectivity index (χ3n) is 14.4. The minimum atomic E-state index is -0.530. The number of fused-ring (bicyclic) bond motifs is 6. The normalized spacial score (nSPS) is 13.1. The smallest absolute Gasteiger partial charge is 0.0714 e. The van der Waals surface area contributed by atoms with Crippen LogP contribution in [0.2, 0.25) is 0 Å². The van der Waals surface area contributed by atoms with E-state index in [0.29, 0.717) is 0 Å². The minimum absolute atomic E-state index is 0.530. The molecule has 0 aliphatic heterocycles. The standard InChI is InChI=1S/C63H39N/c1-3-20-45(21-4-1)63(46-22-5-2-6-23-46)56-29-10-9-25-50(56)51-36-35-47(39-57(51)63)64(58-30-14-16-40-15-7-8-24-49(40)58)48-37-44-34-33-43-18-12-27-53-52-26-11-17-41-31-32-42-19-13-28-54(61(42)59(41)52)55(38-48)62(44)60(43)53/h1-39H. The van der Waals surface area contributed by atoms with E-state index >= 15 is 0 Å². The van der Waals surface area contributed by atoms with Crippen LogP contribution in [0, 0.1) is 0 Å². The van der Waals surface area contributed by atoms with Gasteiger partial charge in [-0.2, -0.15) is 0 Å². The monoisotopic (exact) mass is 809 g/mol.